The Labute approximate surface area is 184 Å². The van der Waals surface area contributed by atoms with Crippen molar-refractivity contribution in [1.82, 2.24) is 0 Å². The number of nitrogens with zero attached hydrogens (tertiary/aromatic N) is 1. The van der Waals surface area contributed by atoms with Crippen molar-refractivity contribution in [2.24, 2.45) is 5.41 Å². The van der Waals surface area contributed by atoms with Gasteiger partial charge in [0.15, 0.2) is 0 Å². The summed E-state index contributed by atoms with van der Waals surface area (Å²) in [6.45, 7) is 8.41. The van der Waals surface area contributed by atoms with E-state index in [0.29, 0.717) is 30.1 Å². The molecule has 0 saturated heterocycles. The Hall–Kier alpha value is -2.74. The molecule has 0 unspecified atom stereocenters. The number of rotatable bonds is 7. The molecule has 168 valence electrons. The molecule has 3 rings (SSSR count). The van der Waals surface area contributed by atoms with Gasteiger partial charge in [-0.25, -0.2) is 8.42 Å². The first kappa shape index (κ1) is 22.9. The lowest BCUT2D eigenvalue weighted by molar-refractivity contribution is -0.127. The van der Waals surface area contributed by atoms with E-state index in [1.54, 1.807) is 35.2 Å². The van der Waals surface area contributed by atoms with Crippen LogP contribution in [-0.4, -0.2) is 34.6 Å². The van der Waals surface area contributed by atoms with E-state index in [4.69, 9.17) is 9.47 Å². The van der Waals surface area contributed by atoms with E-state index in [9.17, 15) is 13.2 Å². The SMILES string of the molecule is CCCN1C(=O)C(C)(C)COc2ccc(NS(=O)(=O)c3cc(CC)ccc3OC)cc21. The zero-order valence-electron chi connectivity index (χ0n) is 18.7. The van der Waals surface area contributed by atoms with E-state index >= 15 is 0 Å². The minimum Gasteiger partial charge on any atom is -0.495 e. The molecule has 7 nitrogen and oxygen atoms in total. The summed E-state index contributed by atoms with van der Waals surface area (Å²) in [5, 5.41) is 0. The minimum absolute atomic E-state index is 0.0505. The van der Waals surface area contributed by atoms with Gasteiger partial charge in [-0.05, 0) is 62.6 Å². The van der Waals surface area contributed by atoms with Crippen molar-refractivity contribution >= 4 is 27.3 Å². The van der Waals surface area contributed by atoms with Gasteiger partial charge in [0.05, 0.1) is 23.9 Å². The largest absolute Gasteiger partial charge is 0.495 e. The third-order valence-corrected chi connectivity index (χ3v) is 6.69. The number of nitrogens with one attached hydrogen (secondary N) is 1. The first-order valence-electron chi connectivity index (χ1n) is 10.4. The van der Waals surface area contributed by atoms with E-state index in [1.807, 2.05) is 33.8 Å². The number of carbonyl (C=O) groups is 1. The predicted octanol–water partition coefficient (Wildman–Crippen LogP) is 4.22. The number of ether oxygens (including phenoxy) is 2. The van der Waals surface area contributed by atoms with Crippen LogP contribution in [0.1, 0.15) is 39.7 Å². The topological polar surface area (TPSA) is 84.9 Å². The van der Waals surface area contributed by atoms with Gasteiger partial charge in [-0.1, -0.05) is 19.9 Å². The Bertz CT molecular complexity index is 1080. The van der Waals surface area contributed by atoms with Gasteiger partial charge in [0.2, 0.25) is 5.91 Å². The third-order valence-electron chi connectivity index (χ3n) is 5.29. The highest BCUT2D eigenvalue weighted by Crippen LogP contribution is 2.39. The molecule has 2 aromatic rings. The lowest BCUT2D eigenvalue weighted by Gasteiger charge is -2.28. The quantitative estimate of drug-likeness (QED) is 0.688. The molecule has 0 spiro atoms. The van der Waals surface area contributed by atoms with Gasteiger partial charge >= 0.3 is 0 Å². The number of benzene rings is 2. The second-order valence-corrected chi connectivity index (χ2v) is 9.91. The van der Waals surface area contributed by atoms with E-state index in [2.05, 4.69) is 4.72 Å². The van der Waals surface area contributed by atoms with Crippen molar-refractivity contribution in [3.8, 4) is 11.5 Å². The summed E-state index contributed by atoms with van der Waals surface area (Å²) >= 11 is 0. The molecule has 0 fully saturated rings. The lowest BCUT2D eigenvalue weighted by atomic mass is 9.93. The highest BCUT2D eigenvalue weighted by Gasteiger charge is 2.37. The number of amides is 1. The van der Waals surface area contributed by atoms with Crippen molar-refractivity contribution in [3.05, 3.63) is 42.0 Å². The second kappa shape index (κ2) is 8.78. The molecule has 1 amide bonds. The fourth-order valence-corrected chi connectivity index (χ4v) is 4.79. The molecule has 0 atom stereocenters. The normalized spacial score (nSPS) is 15.6. The molecule has 0 bridgehead atoms. The van der Waals surface area contributed by atoms with Crippen molar-refractivity contribution in [1.29, 1.82) is 0 Å². The van der Waals surface area contributed by atoms with Gasteiger partial charge in [0, 0.05) is 6.54 Å². The van der Waals surface area contributed by atoms with Gasteiger partial charge in [-0.2, -0.15) is 0 Å². The fourth-order valence-electron chi connectivity index (χ4n) is 3.52. The highest BCUT2D eigenvalue weighted by atomic mass is 32.2. The second-order valence-electron chi connectivity index (χ2n) is 8.26. The fraction of sp³-hybridized carbons (Fsp3) is 0.435. The molecular formula is C23H30N2O5S. The number of sulfonamides is 1. The Morgan fingerprint density at radius 2 is 1.90 bits per heavy atom. The Morgan fingerprint density at radius 1 is 1.16 bits per heavy atom. The molecule has 8 heteroatoms. The van der Waals surface area contributed by atoms with Crippen molar-refractivity contribution in [2.45, 2.75) is 45.4 Å². The van der Waals surface area contributed by atoms with Gasteiger partial charge in [-0.15, -0.1) is 0 Å². The number of aryl methyl sites for hydroxylation is 1. The average Bonchev–Trinajstić information content (AvgIpc) is 2.83. The van der Waals surface area contributed by atoms with Gasteiger partial charge in [0.1, 0.15) is 23.0 Å². The summed E-state index contributed by atoms with van der Waals surface area (Å²) in [4.78, 5) is 14.8. The van der Waals surface area contributed by atoms with Crippen LogP contribution < -0.4 is 19.1 Å². The van der Waals surface area contributed by atoms with Crippen LogP contribution in [0.25, 0.3) is 0 Å². The minimum atomic E-state index is -3.91. The molecule has 0 radical (unpaired) electrons. The standard InChI is InChI=1S/C23H30N2O5S/c1-6-12-25-18-14-17(9-11-19(18)30-15-23(3,4)22(25)26)24-31(27,28)21-13-16(7-2)8-10-20(21)29-5/h8-11,13-14,24H,6-7,12,15H2,1-5H3. The Morgan fingerprint density at radius 3 is 2.55 bits per heavy atom. The van der Waals surface area contributed by atoms with Crippen LogP contribution in [0.5, 0.6) is 11.5 Å². The summed E-state index contributed by atoms with van der Waals surface area (Å²) in [5.41, 5.74) is 1.12. The molecular weight excluding hydrogens is 416 g/mol. The van der Waals surface area contributed by atoms with E-state index in [-0.39, 0.29) is 23.2 Å². The molecule has 31 heavy (non-hydrogen) atoms. The summed E-state index contributed by atoms with van der Waals surface area (Å²) < 4.78 is 40.1. The van der Waals surface area contributed by atoms with Gasteiger partial charge in [-0.3, -0.25) is 9.52 Å². The Balaban J connectivity index is 2.01. The van der Waals surface area contributed by atoms with Crippen molar-refractivity contribution < 1.29 is 22.7 Å². The molecule has 1 N–H and O–H groups in total. The zero-order valence-corrected chi connectivity index (χ0v) is 19.5. The number of carbonyl (C=O) groups excluding carboxylic acids is 1. The maximum atomic E-state index is 13.2. The van der Waals surface area contributed by atoms with E-state index < -0.39 is 15.4 Å². The van der Waals surface area contributed by atoms with Crippen LogP contribution in [0.15, 0.2) is 41.3 Å². The van der Waals surface area contributed by atoms with Gasteiger partial charge < -0.3 is 14.4 Å². The highest BCUT2D eigenvalue weighted by molar-refractivity contribution is 7.92. The number of methoxy groups -OCH3 is 1. The first-order chi connectivity index (χ1) is 14.6. The lowest BCUT2D eigenvalue weighted by Crippen LogP contribution is -2.42. The van der Waals surface area contributed by atoms with Crippen molar-refractivity contribution in [2.75, 3.05) is 29.9 Å². The number of hydrogen-bond donors (Lipinski definition) is 1. The third kappa shape index (κ3) is 4.63. The zero-order chi connectivity index (χ0) is 22.8. The maximum absolute atomic E-state index is 13.2. The van der Waals surface area contributed by atoms with Crippen LogP contribution in [0.3, 0.4) is 0 Å². The van der Waals surface area contributed by atoms with Crippen molar-refractivity contribution in [3.63, 3.8) is 0 Å². The maximum Gasteiger partial charge on any atom is 0.265 e. The number of anilines is 2. The van der Waals surface area contributed by atoms with E-state index in [0.717, 1.165) is 12.0 Å². The van der Waals surface area contributed by atoms with Crippen LogP contribution >= 0.6 is 0 Å². The van der Waals surface area contributed by atoms with Crippen LogP contribution in [0, 0.1) is 5.41 Å². The molecule has 1 aliphatic heterocycles. The summed E-state index contributed by atoms with van der Waals surface area (Å²) in [5.74, 6) is 0.777. The summed E-state index contributed by atoms with van der Waals surface area (Å²) in [7, 11) is -2.47. The van der Waals surface area contributed by atoms with Gasteiger partial charge in [0.25, 0.3) is 10.0 Å². The van der Waals surface area contributed by atoms with Crippen LogP contribution in [0.2, 0.25) is 0 Å². The number of hydrogen-bond acceptors (Lipinski definition) is 5. The summed E-state index contributed by atoms with van der Waals surface area (Å²) in [6, 6.07) is 10.1. The molecule has 1 heterocycles. The molecule has 0 aliphatic carbocycles. The first-order valence-corrected chi connectivity index (χ1v) is 11.9. The van der Waals surface area contributed by atoms with Crippen LogP contribution in [0.4, 0.5) is 11.4 Å². The monoisotopic (exact) mass is 446 g/mol. The molecule has 1 aliphatic rings. The van der Waals surface area contributed by atoms with E-state index in [1.165, 1.54) is 7.11 Å². The Kier molecular flexibility index (Phi) is 6.50. The smallest absolute Gasteiger partial charge is 0.265 e. The molecule has 0 saturated carbocycles. The predicted molar refractivity (Wildman–Crippen MR) is 122 cm³/mol. The van der Waals surface area contributed by atoms with Crippen LogP contribution in [-0.2, 0) is 21.2 Å². The molecule has 2 aromatic carbocycles. The number of fused-ring (bicyclic) bond motifs is 1. The average molecular weight is 447 g/mol. The molecule has 0 aromatic heterocycles. The summed E-state index contributed by atoms with van der Waals surface area (Å²) in [6.07, 6.45) is 1.46.